The topological polar surface area (TPSA) is 26.3 Å². The number of rotatable bonds is 3. The molecule has 0 aliphatic heterocycles. The molecule has 2 atom stereocenters. The highest BCUT2D eigenvalue weighted by atomic mass is 16.5. The second-order valence-corrected chi connectivity index (χ2v) is 2.65. The Bertz CT molecular complexity index is 151. The van der Waals surface area contributed by atoms with Gasteiger partial charge in [-0.3, -0.25) is 4.79 Å². The van der Waals surface area contributed by atoms with Gasteiger partial charge in [-0.25, -0.2) is 0 Å². The van der Waals surface area contributed by atoms with Gasteiger partial charge in [0, 0.05) is 0 Å². The number of methoxy groups -OCH3 is 1. The molecule has 1 aliphatic carbocycles. The first-order valence-electron chi connectivity index (χ1n) is 3.48. The van der Waals surface area contributed by atoms with E-state index >= 15 is 0 Å². The molecule has 0 aromatic rings. The second-order valence-electron chi connectivity index (χ2n) is 2.65. The number of hydrogen-bond donors (Lipinski definition) is 0. The van der Waals surface area contributed by atoms with Crippen molar-refractivity contribution in [3.05, 3.63) is 12.7 Å². The van der Waals surface area contributed by atoms with E-state index in [-0.39, 0.29) is 11.9 Å². The zero-order chi connectivity index (χ0) is 7.56. The molecule has 1 saturated carbocycles. The van der Waals surface area contributed by atoms with Crippen LogP contribution in [-0.4, -0.2) is 13.1 Å². The number of carbonyl (C=O) groups excluding carboxylic acids is 1. The largest absolute Gasteiger partial charge is 0.469 e. The van der Waals surface area contributed by atoms with Gasteiger partial charge in [0.1, 0.15) is 0 Å². The van der Waals surface area contributed by atoms with Gasteiger partial charge in [0.2, 0.25) is 0 Å². The maximum atomic E-state index is 10.8. The van der Waals surface area contributed by atoms with Gasteiger partial charge in [0.05, 0.1) is 13.0 Å². The molecule has 2 heteroatoms. The normalized spacial score (nSPS) is 29.3. The Morgan fingerprint density at radius 3 is 3.10 bits per heavy atom. The van der Waals surface area contributed by atoms with Crippen LogP contribution in [0.5, 0.6) is 0 Å². The number of allylic oxidation sites excluding steroid dienone is 1. The van der Waals surface area contributed by atoms with Crippen molar-refractivity contribution in [2.75, 3.05) is 7.11 Å². The van der Waals surface area contributed by atoms with Crippen LogP contribution in [0.15, 0.2) is 12.7 Å². The Morgan fingerprint density at radius 1 is 1.90 bits per heavy atom. The zero-order valence-electron chi connectivity index (χ0n) is 6.17. The van der Waals surface area contributed by atoms with Gasteiger partial charge < -0.3 is 4.74 Å². The molecule has 0 spiro atoms. The lowest BCUT2D eigenvalue weighted by molar-refractivity contribution is -0.142. The van der Waals surface area contributed by atoms with Crippen LogP contribution in [0, 0.1) is 11.8 Å². The van der Waals surface area contributed by atoms with Gasteiger partial charge in [0.15, 0.2) is 0 Å². The van der Waals surface area contributed by atoms with Crippen molar-refractivity contribution in [1.29, 1.82) is 0 Å². The molecule has 0 aromatic carbocycles. The van der Waals surface area contributed by atoms with Gasteiger partial charge in [0.25, 0.3) is 0 Å². The standard InChI is InChI=1S/C8H12O2/c1-3-4-6-5-7(6)8(9)10-2/h3,6-7H,1,4-5H2,2H3/t6-,7-/m1/s1. The Morgan fingerprint density at radius 2 is 2.60 bits per heavy atom. The molecule has 1 fully saturated rings. The van der Waals surface area contributed by atoms with Gasteiger partial charge >= 0.3 is 5.97 Å². The minimum atomic E-state index is -0.0631. The van der Waals surface area contributed by atoms with Crippen molar-refractivity contribution in [2.45, 2.75) is 12.8 Å². The molecular formula is C8H12O2. The first-order valence-corrected chi connectivity index (χ1v) is 3.48. The molecule has 1 aliphatic rings. The SMILES string of the molecule is C=CC[C@@H]1C[C@H]1C(=O)OC. The summed E-state index contributed by atoms with van der Waals surface area (Å²) in [5.74, 6) is 0.625. The van der Waals surface area contributed by atoms with E-state index in [2.05, 4.69) is 11.3 Å². The van der Waals surface area contributed by atoms with Crippen molar-refractivity contribution < 1.29 is 9.53 Å². The molecule has 0 aromatic heterocycles. The summed E-state index contributed by atoms with van der Waals surface area (Å²) in [6, 6.07) is 0. The fraction of sp³-hybridized carbons (Fsp3) is 0.625. The predicted molar refractivity (Wildman–Crippen MR) is 38.4 cm³/mol. The Labute approximate surface area is 60.9 Å². The number of esters is 1. The van der Waals surface area contributed by atoms with Crippen LogP contribution in [-0.2, 0) is 9.53 Å². The quantitative estimate of drug-likeness (QED) is 0.437. The number of hydrogen-bond acceptors (Lipinski definition) is 2. The maximum Gasteiger partial charge on any atom is 0.308 e. The molecule has 0 saturated heterocycles. The first kappa shape index (κ1) is 7.32. The summed E-state index contributed by atoms with van der Waals surface area (Å²) in [5.41, 5.74) is 0. The van der Waals surface area contributed by atoms with E-state index in [1.165, 1.54) is 7.11 Å². The van der Waals surface area contributed by atoms with Gasteiger partial charge in [-0.2, -0.15) is 0 Å². The van der Waals surface area contributed by atoms with Crippen LogP contribution in [0.2, 0.25) is 0 Å². The van der Waals surface area contributed by atoms with Crippen LogP contribution in [0.3, 0.4) is 0 Å². The maximum absolute atomic E-state index is 10.8. The smallest absolute Gasteiger partial charge is 0.308 e. The molecule has 0 radical (unpaired) electrons. The molecule has 0 N–H and O–H groups in total. The van der Waals surface area contributed by atoms with Gasteiger partial charge in [-0.15, -0.1) is 6.58 Å². The van der Waals surface area contributed by atoms with E-state index in [4.69, 9.17) is 0 Å². The van der Waals surface area contributed by atoms with Crippen LogP contribution in [0.4, 0.5) is 0 Å². The van der Waals surface area contributed by atoms with Crippen LogP contribution in [0.1, 0.15) is 12.8 Å². The zero-order valence-corrected chi connectivity index (χ0v) is 6.17. The fourth-order valence-corrected chi connectivity index (χ4v) is 1.16. The molecule has 0 bridgehead atoms. The molecule has 56 valence electrons. The van der Waals surface area contributed by atoms with Crippen molar-refractivity contribution in [3.8, 4) is 0 Å². The average molecular weight is 140 g/mol. The molecule has 1 rings (SSSR count). The van der Waals surface area contributed by atoms with E-state index in [0.29, 0.717) is 5.92 Å². The molecule has 2 nitrogen and oxygen atoms in total. The van der Waals surface area contributed by atoms with Crippen LogP contribution < -0.4 is 0 Å². The lowest BCUT2D eigenvalue weighted by Gasteiger charge is -1.93. The summed E-state index contributed by atoms with van der Waals surface area (Å²) in [5, 5.41) is 0. The van der Waals surface area contributed by atoms with Crippen molar-refractivity contribution in [2.24, 2.45) is 11.8 Å². The molecule has 0 heterocycles. The highest BCUT2D eigenvalue weighted by molar-refractivity contribution is 5.75. The van der Waals surface area contributed by atoms with Gasteiger partial charge in [-0.1, -0.05) is 6.08 Å². The molecule has 0 amide bonds. The van der Waals surface area contributed by atoms with E-state index < -0.39 is 0 Å². The Hall–Kier alpha value is -0.790. The van der Waals surface area contributed by atoms with E-state index in [0.717, 1.165) is 12.8 Å². The summed E-state index contributed by atoms with van der Waals surface area (Å²) in [6.07, 6.45) is 3.78. The summed E-state index contributed by atoms with van der Waals surface area (Å²) in [7, 11) is 1.44. The Kier molecular flexibility index (Phi) is 2.10. The number of ether oxygens (including phenoxy) is 1. The minimum Gasteiger partial charge on any atom is -0.469 e. The lowest BCUT2D eigenvalue weighted by atomic mass is 10.2. The monoisotopic (exact) mass is 140 g/mol. The van der Waals surface area contributed by atoms with E-state index in [1.807, 2.05) is 6.08 Å². The molecular weight excluding hydrogens is 128 g/mol. The van der Waals surface area contributed by atoms with Crippen molar-refractivity contribution in [1.82, 2.24) is 0 Å². The average Bonchev–Trinajstić information content (AvgIpc) is 2.67. The third-order valence-corrected chi connectivity index (χ3v) is 1.90. The molecule has 0 unspecified atom stereocenters. The third kappa shape index (κ3) is 1.38. The summed E-state index contributed by atoms with van der Waals surface area (Å²) in [4.78, 5) is 10.8. The predicted octanol–water partition coefficient (Wildman–Crippen LogP) is 1.37. The highest BCUT2D eigenvalue weighted by Crippen LogP contribution is 2.41. The summed E-state index contributed by atoms with van der Waals surface area (Å²) >= 11 is 0. The van der Waals surface area contributed by atoms with Crippen LogP contribution >= 0.6 is 0 Å². The minimum absolute atomic E-state index is 0.0631. The summed E-state index contributed by atoms with van der Waals surface area (Å²) < 4.78 is 4.58. The number of carbonyl (C=O) groups is 1. The second kappa shape index (κ2) is 2.86. The summed E-state index contributed by atoms with van der Waals surface area (Å²) in [6.45, 7) is 3.61. The highest BCUT2D eigenvalue weighted by Gasteiger charge is 2.42. The van der Waals surface area contributed by atoms with E-state index in [9.17, 15) is 4.79 Å². The van der Waals surface area contributed by atoms with Crippen LogP contribution in [0.25, 0.3) is 0 Å². The third-order valence-electron chi connectivity index (χ3n) is 1.90. The Balaban J connectivity index is 2.24. The fourth-order valence-electron chi connectivity index (χ4n) is 1.16. The molecule has 10 heavy (non-hydrogen) atoms. The van der Waals surface area contributed by atoms with E-state index in [1.54, 1.807) is 0 Å². The first-order chi connectivity index (χ1) is 4.79. The van der Waals surface area contributed by atoms with Crippen molar-refractivity contribution >= 4 is 5.97 Å². The lowest BCUT2D eigenvalue weighted by Crippen LogP contribution is -2.03. The van der Waals surface area contributed by atoms with Gasteiger partial charge in [-0.05, 0) is 18.8 Å². The van der Waals surface area contributed by atoms with Crippen molar-refractivity contribution in [3.63, 3.8) is 0 Å².